The van der Waals surface area contributed by atoms with Crippen LogP contribution in [0, 0.1) is 0 Å². The molecule has 2 rings (SSSR count). The van der Waals surface area contributed by atoms with Crippen molar-refractivity contribution in [2.24, 2.45) is 0 Å². The van der Waals surface area contributed by atoms with Crippen molar-refractivity contribution in [2.45, 2.75) is 45.8 Å². The van der Waals surface area contributed by atoms with Gasteiger partial charge >= 0.3 is 0 Å². The maximum atomic E-state index is 12.3. The van der Waals surface area contributed by atoms with Crippen LogP contribution < -0.4 is 9.47 Å². The molecule has 0 spiro atoms. The summed E-state index contributed by atoms with van der Waals surface area (Å²) in [6, 6.07) is 7.61. The quantitative estimate of drug-likeness (QED) is 0.725. The number of para-hydroxylation sites is 2. The maximum Gasteiger partial charge on any atom is 0.222 e. The minimum absolute atomic E-state index is 0.108. The van der Waals surface area contributed by atoms with Crippen LogP contribution in [0.15, 0.2) is 24.3 Å². The highest BCUT2D eigenvalue weighted by molar-refractivity contribution is 5.76. The van der Waals surface area contributed by atoms with Crippen LogP contribution in [0.2, 0.25) is 0 Å². The summed E-state index contributed by atoms with van der Waals surface area (Å²) in [5.41, 5.74) is 0. The molecule has 2 atom stereocenters. The predicted octanol–water partition coefficient (Wildman–Crippen LogP) is 2.88. The molecule has 0 saturated carbocycles. The molecule has 23 heavy (non-hydrogen) atoms. The number of hydrogen-bond donors (Lipinski definition) is 0. The fourth-order valence-electron chi connectivity index (χ4n) is 2.79. The highest BCUT2D eigenvalue weighted by atomic mass is 16.5. The number of amides is 1. The van der Waals surface area contributed by atoms with Crippen LogP contribution in [0.4, 0.5) is 0 Å². The van der Waals surface area contributed by atoms with Crippen molar-refractivity contribution < 1.29 is 19.0 Å². The zero-order chi connectivity index (χ0) is 16.7. The molecule has 1 heterocycles. The molecule has 1 saturated heterocycles. The number of rotatable bonds is 7. The number of benzene rings is 1. The lowest BCUT2D eigenvalue weighted by Gasteiger charge is -2.35. The van der Waals surface area contributed by atoms with Crippen molar-refractivity contribution >= 4 is 5.91 Å². The first-order valence-electron chi connectivity index (χ1n) is 8.38. The van der Waals surface area contributed by atoms with Gasteiger partial charge in [-0.1, -0.05) is 12.1 Å². The fourth-order valence-corrected chi connectivity index (χ4v) is 2.79. The lowest BCUT2D eigenvalue weighted by molar-refractivity contribution is -0.143. The zero-order valence-corrected chi connectivity index (χ0v) is 14.3. The highest BCUT2D eigenvalue weighted by Gasteiger charge is 2.25. The summed E-state index contributed by atoms with van der Waals surface area (Å²) < 4.78 is 16.9. The Hall–Kier alpha value is -1.75. The Balaban J connectivity index is 1.74. The average Bonchev–Trinajstić information content (AvgIpc) is 2.52. The third kappa shape index (κ3) is 5.43. The molecule has 0 radical (unpaired) electrons. The van der Waals surface area contributed by atoms with E-state index in [9.17, 15) is 4.79 Å². The number of nitrogens with zero attached hydrogens (tertiary/aromatic N) is 1. The summed E-state index contributed by atoms with van der Waals surface area (Å²) in [5, 5.41) is 0. The first-order chi connectivity index (χ1) is 11.1. The van der Waals surface area contributed by atoms with Gasteiger partial charge in [0.25, 0.3) is 0 Å². The molecular weight excluding hydrogens is 294 g/mol. The lowest BCUT2D eigenvalue weighted by Crippen LogP contribution is -2.48. The molecule has 128 valence electrons. The van der Waals surface area contributed by atoms with Gasteiger partial charge in [0.2, 0.25) is 5.91 Å². The van der Waals surface area contributed by atoms with Crippen LogP contribution in [0.25, 0.3) is 0 Å². The molecule has 1 aromatic rings. The Bertz CT molecular complexity index is 496. The molecule has 0 bridgehead atoms. The van der Waals surface area contributed by atoms with Crippen LogP contribution in [0.3, 0.4) is 0 Å². The van der Waals surface area contributed by atoms with E-state index in [1.54, 1.807) is 0 Å². The van der Waals surface area contributed by atoms with E-state index in [4.69, 9.17) is 14.2 Å². The minimum Gasteiger partial charge on any atom is -0.490 e. The summed E-state index contributed by atoms with van der Waals surface area (Å²) in [6.07, 6.45) is 1.41. The summed E-state index contributed by atoms with van der Waals surface area (Å²) in [6.45, 7) is 8.42. The van der Waals surface area contributed by atoms with Crippen molar-refractivity contribution in [3.8, 4) is 11.5 Å². The van der Waals surface area contributed by atoms with Gasteiger partial charge in [-0.15, -0.1) is 0 Å². The van der Waals surface area contributed by atoms with Crippen molar-refractivity contribution in [3.05, 3.63) is 24.3 Å². The van der Waals surface area contributed by atoms with E-state index in [1.165, 1.54) is 0 Å². The molecule has 1 aliphatic rings. The van der Waals surface area contributed by atoms with Gasteiger partial charge in [0.1, 0.15) is 0 Å². The van der Waals surface area contributed by atoms with Gasteiger partial charge in [0, 0.05) is 19.5 Å². The topological polar surface area (TPSA) is 48.0 Å². The van der Waals surface area contributed by atoms with Gasteiger partial charge in [0.05, 0.1) is 25.4 Å². The van der Waals surface area contributed by atoms with Crippen LogP contribution in [0.5, 0.6) is 11.5 Å². The van der Waals surface area contributed by atoms with E-state index >= 15 is 0 Å². The largest absolute Gasteiger partial charge is 0.490 e. The van der Waals surface area contributed by atoms with Crippen molar-refractivity contribution in [2.75, 3.05) is 26.3 Å². The van der Waals surface area contributed by atoms with Gasteiger partial charge in [-0.05, 0) is 39.3 Å². The second kappa shape index (κ2) is 8.77. The standard InChI is InChI=1S/C18H27NO4/c1-4-21-16-8-5-6-9-17(16)22-11-7-10-18(20)19-12-14(2)23-15(3)13-19/h5-6,8-9,14-15H,4,7,10-13H2,1-3H3. The number of carbonyl (C=O) groups excluding carboxylic acids is 1. The second-order valence-corrected chi connectivity index (χ2v) is 5.89. The molecule has 0 aromatic heterocycles. The summed E-state index contributed by atoms with van der Waals surface area (Å²) in [7, 11) is 0. The Morgan fingerprint density at radius 1 is 1.17 bits per heavy atom. The molecule has 2 unspecified atom stereocenters. The van der Waals surface area contributed by atoms with Crippen LogP contribution in [0.1, 0.15) is 33.6 Å². The third-order valence-electron chi connectivity index (χ3n) is 3.71. The molecule has 5 heteroatoms. The van der Waals surface area contributed by atoms with Crippen molar-refractivity contribution in [1.29, 1.82) is 0 Å². The predicted molar refractivity (Wildman–Crippen MR) is 88.9 cm³/mol. The van der Waals surface area contributed by atoms with Crippen LogP contribution in [-0.4, -0.2) is 49.3 Å². The Labute approximate surface area is 138 Å². The second-order valence-electron chi connectivity index (χ2n) is 5.89. The van der Waals surface area contributed by atoms with E-state index in [1.807, 2.05) is 49.9 Å². The summed E-state index contributed by atoms with van der Waals surface area (Å²) in [5.74, 6) is 1.65. The Kier molecular flexibility index (Phi) is 6.71. The van der Waals surface area contributed by atoms with Gasteiger partial charge in [-0.3, -0.25) is 4.79 Å². The fraction of sp³-hybridized carbons (Fsp3) is 0.611. The smallest absolute Gasteiger partial charge is 0.222 e. The third-order valence-corrected chi connectivity index (χ3v) is 3.71. The minimum atomic E-state index is 0.108. The number of morpholine rings is 1. The first-order valence-corrected chi connectivity index (χ1v) is 8.38. The molecule has 5 nitrogen and oxygen atoms in total. The molecule has 1 fully saturated rings. The number of carbonyl (C=O) groups is 1. The van der Waals surface area contributed by atoms with Gasteiger partial charge < -0.3 is 19.1 Å². The van der Waals surface area contributed by atoms with Gasteiger partial charge in [-0.25, -0.2) is 0 Å². The molecule has 1 aromatic carbocycles. The van der Waals surface area contributed by atoms with Crippen LogP contribution in [-0.2, 0) is 9.53 Å². The van der Waals surface area contributed by atoms with E-state index in [0.29, 0.717) is 39.1 Å². The summed E-state index contributed by atoms with van der Waals surface area (Å²) in [4.78, 5) is 14.2. The van der Waals surface area contributed by atoms with E-state index in [2.05, 4.69) is 0 Å². The van der Waals surface area contributed by atoms with Gasteiger partial charge in [-0.2, -0.15) is 0 Å². The molecule has 0 N–H and O–H groups in total. The van der Waals surface area contributed by atoms with Crippen LogP contribution >= 0.6 is 0 Å². The van der Waals surface area contributed by atoms with Crippen molar-refractivity contribution in [1.82, 2.24) is 4.90 Å². The Morgan fingerprint density at radius 2 is 1.78 bits per heavy atom. The van der Waals surface area contributed by atoms with Crippen molar-refractivity contribution in [3.63, 3.8) is 0 Å². The molecule has 1 amide bonds. The monoisotopic (exact) mass is 321 g/mol. The molecular formula is C18H27NO4. The number of ether oxygens (including phenoxy) is 3. The highest BCUT2D eigenvalue weighted by Crippen LogP contribution is 2.26. The summed E-state index contributed by atoms with van der Waals surface area (Å²) >= 11 is 0. The maximum absolute atomic E-state index is 12.3. The first kappa shape index (κ1) is 17.6. The number of hydrogen-bond acceptors (Lipinski definition) is 4. The average molecular weight is 321 g/mol. The van der Waals surface area contributed by atoms with E-state index in [-0.39, 0.29) is 18.1 Å². The SMILES string of the molecule is CCOc1ccccc1OCCCC(=O)N1CC(C)OC(C)C1. The Morgan fingerprint density at radius 3 is 2.39 bits per heavy atom. The van der Waals surface area contributed by atoms with E-state index < -0.39 is 0 Å². The van der Waals surface area contributed by atoms with E-state index in [0.717, 1.165) is 11.5 Å². The zero-order valence-electron chi connectivity index (χ0n) is 14.3. The molecule has 1 aliphatic heterocycles. The molecule has 0 aliphatic carbocycles. The van der Waals surface area contributed by atoms with Gasteiger partial charge in [0.15, 0.2) is 11.5 Å². The normalized spacial score (nSPS) is 21.1. The lowest BCUT2D eigenvalue weighted by atomic mass is 10.2.